The first-order chi connectivity index (χ1) is 12.5. The van der Waals surface area contributed by atoms with E-state index in [-0.39, 0.29) is 0 Å². The normalized spacial score (nSPS) is 10.7. The fourth-order valence-electron chi connectivity index (χ4n) is 2.84. The minimum Gasteiger partial charge on any atom is -0.466 e. The molecule has 2 heterocycles. The number of furan rings is 1. The lowest BCUT2D eigenvalue weighted by Crippen LogP contribution is -2.47. The van der Waals surface area contributed by atoms with E-state index >= 15 is 0 Å². The van der Waals surface area contributed by atoms with Crippen molar-refractivity contribution >= 4 is 23.0 Å². The van der Waals surface area contributed by atoms with Gasteiger partial charge in [-0.3, -0.25) is 10.2 Å². The summed E-state index contributed by atoms with van der Waals surface area (Å²) in [6, 6.07) is 8.97. The average Bonchev–Trinajstić information content (AvgIpc) is 3.11. The maximum Gasteiger partial charge on any atom is 0.333 e. The molecule has 2 aromatic heterocycles. The quantitative estimate of drug-likeness (QED) is 0.625. The molecule has 0 fully saturated rings. The van der Waals surface area contributed by atoms with Crippen molar-refractivity contribution in [3.63, 3.8) is 0 Å². The predicted molar refractivity (Wildman–Crippen MR) is 96.7 cm³/mol. The number of hydrogen-bond donors (Lipinski definition) is 3. The van der Waals surface area contributed by atoms with Crippen LogP contribution in [0.5, 0.6) is 0 Å². The lowest BCUT2D eigenvalue weighted by molar-refractivity contribution is 0.0934. The number of amides is 3. The second kappa shape index (κ2) is 7.30. The molecule has 3 amide bonds. The third-order valence-electron chi connectivity index (χ3n) is 4.04. The van der Waals surface area contributed by atoms with Crippen LogP contribution in [0.3, 0.4) is 0 Å². The van der Waals surface area contributed by atoms with Gasteiger partial charge in [0.05, 0.1) is 16.6 Å². The molecule has 3 aromatic rings. The molecule has 8 nitrogen and oxygen atoms in total. The van der Waals surface area contributed by atoms with E-state index in [9.17, 15) is 9.59 Å². The molecular formula is C18H21N5O3. The number of benzene rings is 1. The van der Waals surface area contributed by atoms with Gasteiger partial charge in [0.25, 0.3) is 5.91 Å². The minimum absolute atomic E-state index is 0.392. The number of aryl methyl sites for hydroxylation is 3. The summed E-state index contributed by atoms with van der Waals surface area (Å²) in [5, 5.41) is 2.70. The molecule has 0 saturated heterocycles. The fraction of sp³-hybridized carbons (Fsp3) is 0.278. The van der Waals surface area contributed by atoms with Gasteiger partial charge < -0.3 is 14.3 Å². The lowest BCUT2D eigenvalue weighted by atomic mass is 10.2. The zero-order valence-corrected chi connectivity index (χ0v) is 14.9. The second-order valence-electron chi connectivity index (χ2n) is 5.96. The van der Waals surface area contributed by atoms with E-state index in [0.717, 1.165) is 16.9 Å². The molecule has 26 heavy (non-hydrogen) atoms. The number of imidazole rings is 1. The van der Waals surface area contributed by atoms with Gasteiger partial charge in [-0.1, -0.05) is 12.1 Å². The Hall–Kier alpha value is -3.29. The number of hydrogen-bond acceptors (Lipinski definition) is 4. The summed E-state index contributed by atoms with van der Waals surface area (Å²) in [5.74, 6) is 1.60. The van der Waals surface area contributed by atoms with Gasteiger partial charge in [-0.2, -0.15) is 0 Å². The van der Waals surface area contributed by atoms with Crippen LogP contribution in [0.4, 0.5) is 4.79 Å². The fourth-order valence-corrected chi connectivity index (χ4v) is 2.84. The molecule has 8 heteroatoms. The molecule has 0 bridgehead atoms. The van der Waals surface area contributed by atoms with Crippen LogP contribution in [0.15, 0.2) is 34.7 Å². The number of rotatable bonds is 4. The van der Waals surface area contributed by atoms with E-state index in [0.29, 0.717) is 30.2 Å². The van der Waals surface area contributed by atoms with E-state index in [1.165, 1.54) is 0 Å². The number of nitrogens with one attached hydrogen (secondary N) is 3. The van der Waals surface area contributed by atoms with Crippen LogP contribution in [0.2, 0.25) is 0 Å². The number of fused-ring (bicyclic) bond motifs is 1. The molecule has 3 N–H and O–H groups in total. The van der Waals surface area contributed by atoms with Gasteiger partial charge in [0, 0.05) is 13.1 Å². The summed E-state index contributed by atoms with van der Waals surface area (Å²) < 4.78 is 7.33. The highest BCUT2D eigenvalue weighted by Crippen LogP contribution is 2.15. The van der Waals surface area contributed by atoms with Crippen molar-refractivity contribution in [2.24, 2.45) is 0 Å². The number of para-hydroxylation sites is 2. The summed E-state index contributed by atoms with van der Waals surface area (Å²) in [7, 11) is 0. The van der Waals surface area contributed by atoms with Gasteiger partial charge in [0.2, 0.25) is 0 Å². The topological polar surface area (TPSA) is 101 Å². The molecular weight excluding hydrogens is 334 g/mol. The number of hydrazine groups is 1. The molecule has 0 radical (unpaired) electrons. The Morgan fingerprint density at radius 3 is 2.65 bits per heavy atom. The van der Waals surface area contributed by atoms with Crippen LogP contribution in [0, 0.1) is 20.8 Å². The van der Waals surface area contributed by atoms with Gasteiger partial charge in [-0.15, -0.1) is 0 Å². The lowest BCUT2D eigenvalue weighted by Gasteiger charge is -2.10. The summed E-state index contributed by atoms with van der Waals surface area (Å²) in [6.07, 6.45) is 0. The van der Waals surface area contributed by atoms with E-state index in [4.69, 9.17) is 4.42 Å². The minimum atomic E-state index is -0.488. The molecule has 0 aliphatic rings. The molecule has 0 atom stereocenters. The average molecular weight is 355 g/mol. The van der Waals surface area contributed by atoms with Crippen molar-refractivity contribution in [2.75, 3.05) is 6.54 Å². The molecule has 1 aromatic carbocycles. The molecule has 0 aliphatic heterocycles. The number of aromatic nitrogens is 2. The van der Waals surface area contributed by atoms with Crippen LogP contribution in [0.1, 0.15) is 27.7 Å². The summed E-state index contributed by atoms with van der Waals surface area (Å²) in [4.78, 5) is 28.4. The van der Waals surface area contributed by atoms with Crippen molar-refractivity contribution in [2.45, 2.75) is 27.3 Å². The zero-order valence-electron chi connectivity index (χ0n) is 14.9. The van der Waals surface area contributed by atoms with E-state index in [2.05, 4.69) is 21.2 Å². The molecule has 0 aliphatic carbocycles. The highest BCUT2D eigenvalue weighted by molar-refractivity contribution is 5.96. The molecule has 0 unspecified atom stereocenters. The highest BCUT2D eigenvalue weighted by Gasteiger charge is 2.14. The predicted octanol–water partition coefficient (Wildman–Crippen LogP) is 2.20. The third kappa shape index (κ3) is 3.69. The number of carbonyl (C=O) groups excluding carboxylic acids is 2. The number of carbonyl (C=O) groups is 2. The summed E-state index contributed by atoms with van der Waals surface area (Å²) in [5.41, 5.74) is 7.03. The van der Waals surface area contributed by atoms with E-state index in [1.807, 2.05) is 35.8 Å². The highest BCUT2D eigenvalue weighted by atomic mass is 16.3. The standard InChI is InChI=1S/C18H21N5O3/c1-11-10-14(12(2)26-11)17(24)21-22-18(25)19-8-9-23-13(3)20-15-6-4-5-7-16(15)23/h4-7,10H,8-9H2,1-3H3,(H,21,24)(H2,19,22,25). The van der Waals surface area contributed by atoms with Crippen molar-refractivity contribution in [3.05, 3.63) is 53.2 Å². The maximum absolute atomic E-state index is 12.0. The van der Waals surface area contributed by atoms with E-state index < -0.39 is 11.9 Å². The largest absolute Gasteiger partial charge is 0.466 e. The molecule has 136 valence electrons. The van der Waals surface area contributed by atoms with Gasteiger partial charge in [0.1, 0.15) is 17.3 Å². The first-order valence-electron chi connectivity index (χ1n) is 8.29. The molecule has 0 spiro atoms. The van der Waals surface area contributed by atoms with Crippen molar-refractivity contribution in [1.82, 2.24) is 25.7 Å². The van der Waals surface area contributed by atoms with Crippen LogP contribution in [-0.2, 0) is 6.54 Å². The first kappa shape index (κ1) is 17.5. The SMILES string of the molecule is Cc1cc(C(=O)NNC(=O)NCCn2c(C)nc3ccccc32)c(C)o1. The molecule has 0 saturated carbocycles. The van der Waals surface area contributed by atoms with Gasteiger partial charge in [-0.25, -0.2) is 15.2 Å². The van der Waals surface area contributed by atoms with E-state index in [1.54, 1.807) is 19.9 Å². The third-order valence-corrected chi connectivity index (χ3v) is 4.04. The zero-order chi connectivity index (χ0) is 18.7. The Morgan fingerprint density at radius 2 is 1.92 bits per heavy atom. The van der Waals surface area contributed by atoms with Crippen LogP contribution in [0.25, 0.3) is 11.0 Å². The monoisotopic (exact) mass is 355 g/mol. The Morgan fingerprint density at radius 1 is 1.15 bits per heavy atom. The maximum atomic E-state index is 12.0. The first-order valence-corrected chi connectivity index (χ1v) is 8.29. The van der Waals surface area contributed by atoms with Gasteiger partial charge >= 0.3 is 6.03 Å². The Labute approximate surface area is 150 Å². The van der Waals surface area contributed by atoms with Crippen LogP contribution >= 0.6 is 0 Å². The van der Waals surface area contributed by atoms with Gasteiger partial charge in [0.15, 0.2) is 0 Å². The van der Waals surface area contributed by atoms with Crippen LogP contribution in [-0.4, -0.2) is 28.0 Å². The van der Waals surface area contributed by atoms with Crippen molar-refractivity contribution in [1.29, 1.82) is 0 Å². The van der Waals surface area contributed by atoms with Crippen molar-refractivity contribution < 1.29 is 14.0 Å². The summed E-state index contributed by atoms with van der Waals surface area (Å²) >= 11 is 0. The van der Waals surface area contributed by atoms with Crippen molar-refractivity contribution in [3.8, 4) is 0 Å². The smallest absolute Gasteiger partial charge is 0.333 e. The van der Waals surface area contributed by atoms with Crippen LogP contribution < -0.4 is 16.2 Å². The number of nitrogens with zero attached hydrogens (tertiary/aromatic N) is 2. The Balaban J connectivity index is 1.49. The van der Waals surface area contributed by atoms with Gasteiger partial charge in [-0.05, 0) is 39.0 Å². The second-order valence-corrected chi connectivity index (χ2v) is 5.96. The Bertz CT molecular complexity index is 957. The Kier molecular flexibility index (Phi) is 4.92. The summed E-state index contributed by atoms with van der Waals surface area (Å²) in [6.45, 7) is 6.35. The molecule has 3 rings (SSSR count). The number of urea groups is 1.